The molecule has 16 N–H and O–H groups in total. The molecule has 0 aliphatic heterocycles. The lowest BCUT2D eigenvalue weighted by atomic mass is 10.4. The molecule has 0 aromatic rings. The Kier molecular flexibility index (Phi) is 44.1. The molecule has 0 radical (unpaired) electrons. The summed E-state index contributed by atoms with van der Waals surface area (Å²) in [5.74, 6) is -18.4. The second kappa shape index (κ2) is 28.4. The summed E-state index contributed by atoms with van der Waals surface area (Å²) >= 11 is 0. The van der Waals surface area contributed by atoms with Gasteiger partial charge in [-0.2, -0.15) is 132 Å². The van der Waals surface area contributed by atoms with E-state index in [1.54, 1.807) is 0 Å². The van der Waals surface area contributed by atoms with Gasteiger partial charge in [-0.1, -0.05) is 0 Å². The highest BCUT2D eigenvalue weighted by molar-refractivity contribution is 5.90. The molecule has 0 aromatic carbocycles. The minimum Gasteiger partial charge on any atom is -0.412 e. The molecular weight excluding hydrogens is 958 g/mol. The van der Waals surface area contributed by atoms with Gasteiger partial charge in [-0.25, -0.2) is 0 Å². The number of Topliss-reactive ketones (excluding diaryl/α,β-unsaturated/α-hetero) is 5. The number of hydrogen-bond acceptors (Lipinski definition) is 5. The number of carbonyl (C=O) groups excluding carboxylic acids is 5. The van der Waals surface area contributed by atoms with Crippen LogP contribution < -0.4 is 0 Å². The molecular formula is C15H16F30O13. The van der Waals surface area contributed by atoms with E-state index in [1.807, 2.05) is 0 Å². The average molecular weight is 974 g/mol. The van der Waals surface area contributed by atoms with Crippen LogP contribution in [0.25, 0.3) is 0 Å². The fraction of sp³-hybridized carbons (Fsp3) is 0.667. The fourth-order valence-corrected chi connectivity index (χ4v) is 0.804. The Labute approximate surface area is 291 Å². The maximum absolute atomic E-state index is 10.9. The first-order valence-corrected chi connectivity index (χ1v) is 9.19. The zero-order valence-electron chi connectivity index (χ0n) is 24.9. The van der Waals surface area contributed by atoms with Crippen molar-refractivity contribution in [1.29, 1.82) is 0 Å². The molecule has 0 aromatic heterocycles. The van der Waals surface area contributed by atoms with Crippen molar-refractivity contribution < 1.29 is 199 Å². The summed E-state index contributed by atoms with van der Waals surface area (Å²) in [4.78, 5) is 46.2. The van der Waals surface area contributed by atoms with Crippen molar-refractivity contribution in [2.24, 2.45) is 0 Å². The van der Waals surface area contributed by atoms with E-state index in [0.717, 1.165) is 0 Å². The quantitative estimate of drug-likeness (QED) is 0.327. The molecule has 0 aliphatic rings. The molecule has 0 saturated carbocycles. The summed E-state index contributed by atoms with van der Waals surface area (Å²) in [6, 6.07) is 0. The molecule has 58 heavy (non-hydrogen) atoms. The molecule has 0 amide bonds. The molecule has 0 aliphatic carbocycles. The second-order valence-electron chi connectivity index (χ2n) is 6.62. The lowest BCUT2D eigenvalue weighted by Gasteiger charge is -2.06. The Hall–Kier alpha value is -4.07. The van der Waals surface area contributed by atoms with Gasteiger partial charge in [-0.15, -0.1) is 0 Å². The molecule has 0 atom stereocenters. The van der Waals surface area contributed by atoms with Gasteiger partial charge in [0, 0.05) is 0 Å². The number of ketones is 5. The standard InChI is InChI=1S/5C3F6O.8H2O/c5*4-2(5,6)1(10)3(7,8)9;;;;;;;;/h;;;;;8*1H2. The summed E-state index contributed by atoms with van der Waals surface area (Å²) < 4.78 is 326. The second-order valence-corrected chi connectivity index (χ2v) is 6.62. The Morgan fingerprint density at radius 1 is 0.155 bits per heavy atom. The summed E-state index contributed by atoms with van der Waals surface area (Å²) in [5.41, 5.74) is 0. The van der Waals surface area contributed by atoms with Crippen LogP contribution in [0.3, 0.4) is 0 Å². The Balaban J connectivity index is -0.0000000384. The van der Waals surface area contributed by atoms with Crippen molar-refractivity contribution in [1.82, 2.24) is 0 Å². The maximum atomic E-state index is 10.9. The van der Waals surface area contributed by atoms with Gasteiger partial charge in [0.25, 0.3) is 0 Å². The molecule has 0 fully saturated rings. The van der Waals surface area contributed by atoms with E-state index in [9.17, 15) is 156 Å². The molecule has 0 heterocycles. The van der Waals surface area contributed by atoms with Gasteiger partial charge in [0.1, 0.15) is 0 Å². The summed E-state index contributed by atoms with van der Waals surface area (Å²) in [6.07, 6.45) is -58.2. The van der Waals surface area contributed by atoms with Gasteiger partial charge in [0.2, 0.25) is 0 Å². The zero-order chi connectivity index (χ0) is 42.9. The lowest BCUT2D eigenvalue weighted by Crippen LogP contribution is -2.36. The molecule has 0 unspecified atom stereocenters. The highest BCUT2D eigenvalue weighted by Crippen LogP contribution is 2.31. The zero-order valence-corrected chi connectivity index (χ0v) is 24.9. The van der Waals surface area contributed by atoms with E-state index in [1.165, 1.54) is 0 Å². The van der Waals surface area contributed by atoms with Crippen molar-refractivity contribution >= 4 is 28.9 Å². The molecule has 0 rings (SSSR count). The average Bonchev–Trinajstić information content (AvgIpc) is 2.77. The van der Waals surface area contributed by atoms with E-state index in [0.29, 0.717) is 0 Å². The molecule has 0 saturated heterocycles. The fourth-order valence-electron chi connectivity index (χ4n) is 0.804. The van der Waals surface area contributed by atoms with Crippen molar-refractivity contribution in [3.63, 3.8) is 0 Å². The van der Waals surface area contributed by atoms with Crippen LogP contribution in [0.5, 0.6) is 0 Å². The predicted octanol–water partition coefficient (Wildman–Crippen LogP) is 1.80. The minimum atomic E-state index is -5.82. The molecule has 43 heteroatoms. The van der Waals surface area contributed by atoms with Crippen LogP contribution in [-0.4, -0.2) is 134 Å². The smallest absolute Gasteiger partial charge is 0.412 e. The van der Waals surface area contributed by atoms with Crippen LogP contribution in [0.1, 0.15) is 0 Å². The van der Waals surface area contributed by atoms with Crippen LogP contribution >= 0.6 is 0 Å². The van der Waals surface area contributed by atoms with E-state index in [4.69, 9.17) is 0 Å². The highest BCUT2D eigenvalue weighted by atomic mass is 19.5. The van der Waals surface area contributed by atoms with E-state index in [-0.39, 0.29) is 43.8 Å². The molecule has 13 nitrogen and oxygen atoms in total. The van der Waals surface area contributed by atoms with E-state index in [2.05, 4.69) is 0 Å². The van der Waals surface area contributed by atoms with Crippen LogP contribution in [0.15, 0.2) is 0 Å². The van der Waals surface area contributed by atoms with Gasteiger partial charge < -0.3 is 43.8 Å². The summed E-state index contributed by atoms with van der Waals surface area (Å²) in [7, 11) is 0. The van der Waals surface area contributed by atoms with Crippen molar-refractivity contribution in [3.05, 3.63) is 0 Å². The van der Waals surface area contributed by atoms with Crippen molar-refractivity contribution in [2.45, 2.75) is 61.8 Å². The number of alkyl halides is 30. The molecule has 0 spiro atoms. The third kappa shape index (κ3) is 43.1. The SMILES string of the molecule is O.O.O.O.O.O.O.O.O=C(C(F)(F)F)C(F)(F)F.O=C(C(F)(F)F)C(F)(F)F.O=C(C(F)(F)F)C(F)(F)F.O=C(C(F)(F)F)C(F)(F)F.O=C(C(F)(F)F)C(F)(F)F. The third-order valence-electron chi connectivity index (χ3n) is 2.57. The van der Waals surface area contributed by atoms with Gasteiger partial charge >= 0.3 is 90.7 Å². The number of carbonyl (C=O) groups is 5. The van der Waals surface area contributed by atoms with E-state index >= 15 is 0 Å². The Bertz CT molecular complexity index is 850. The van der Waals surface area contributed by atoms with Crippen LogP contribution in [0.2, 0.25) is 0 Å². The largest absolute Gasteiger partial charge is 0.459 e. The van der Waals surface area contributed by atoms with Crippen molar-refractivity contribution in [3.8, 4) is 0 Å². The van der Waals surface area contributed by atoms with Gasteiger partial charge in [0.15, 0.2) is 0 Å². The molecule has 364 valence electrons. The van der Waals surface area contributed by atoms with Crippen LogP contribution in [-0.2, 0) is 24.0 Å². The highest BCUT2D eigenvalue weighted by Gasteiger charge is 2.58. The number of rotatable bonds is 0. The van der Waals surface area contributed by atoms with Crippen LogP contribution in [0.4, 0.5) is 132 Å². The van der Waals surface area contributed by atoms with Crippen molar-refractivity contribution in [2.75, 3.05) is 0 Å². The first kappa shape index (κ1) is 90.2. The third-order valence-corrected chi connectivity index (χ3v) is 2.57. The summed E-state index contributed by atoms with van der Waals surface area (Å²) in [6.45, 7) is 0. The van der Waals surface area contributed by atoms with Crippen LogP contribution in [0, 0.1) is 0 Å². The topological polar surface area (TPSA) is 337 Å². The minimum absolute atomic E-state index is 0. The van der Waals surface area contributed by atoms with E-state index < -0.39 is 90.7 Å². The monoisotopic (exact) mass is 974 g/mol. The summed E-state index contributed by atoms with van der Waals surface area (Å²) in [5, 5.41) is 0. The first-order chi connectivity index (χ1) is 20.8. The van der Waals surface area contributed by atoms with Gasteiger partial charge in [-0.05, 0) is 0 Å². The number of halogens is 30. The molecule has 0 bridgehead atoms. The maximum Gasteiger partial charge on any atom is 0.459 e. The normalized spacial score (nSPS) is 11.6. The Morgan fingerprint density at radius 3 is 0.190 bits per heavy atom. The predicted molar refractivity (Wildman–Crippen MR) is 114 cm³/mol. The first-order valence-electron chi connectivity index (χ1n) is 9.19. The van der Waals surface area contributed by atoms with Gasteiger partial charge in [0.05, 0.1) is 0 Å². The Morgan fingerprint density at radius 2 is 0.190 bits per heavy atom. The lowest BCUT2D eigenvalue weighted by molar-refractivity contribution is -0.217. The number of hydrogen-bond donors (Lipinski definition) is 0. The van der Waals surface area contributed by atoms with Gasteiger partial charge in [-0.3, -0.25) is 24.0 Å².